The fourth-order valence-corrected chi connectivity index (χ4v) is 3.17. The third-order valence-electron chi connectivity index (χ3n) is 3.45. The Morgan fingerprint density at radius 2 is 2.00 bits per heavy atom. The zero-order valence-electron chi connectivity index (χ0n) is 11.6. The first kappa shape index (κ1) is 14.3. The van der Waals surface area contributed by atoms with Crippen molar-refractivity contribution < 1.29 is 8.42 Å². The monoisotopic (exact) mass is 282 g/mol. The molecule has 0 aromatic heterocycles. The number of hydrogen-bond donors (Lipinski definition) is 1. The van der Waals surface area contributed by atoms with Crippen molar-refractivity contribution in [2.24, 2.45) is 0 Å². The molecule has 19 heavy (non-hydrogen) atoms. The lowest BCUT2D eigenvalue weighted by Crippen LogP contribution is -2.31. The second kappa shape index (κ2) is 5.92. The normalized spacial score (nSPS) is 15.5. The number of benzene rings is 1. The molecule has 1 aliphatic carbocycles. The molecule has 1 saturated carbocycles. The van der Waals surface area contributed by atoms with Gasteiger partial charge in [-0.2, -0.15) is 0 Å². The summed E-state index contributed by atoms with van der Waals surface area (Å²) in [4.78, 5) is 2.45. The maximum atomic E-state index is 12.1. The summed E-state index contributed by atoms with van der Waals surface area (Å²) < 4.78 is 24.2. The van der Waals surface area contributed by atoms with Crippen molar-refractivity contribution in [3.05, 3.63) is 24.3 Å². The summed E-state index contributed by atoms with van der Waals surface area (Å²) in [6.45, 7) is 3.38. The molecule has 0 atom stereocenters. The van der Waals surface area contributed by atoms with Crippen LogP contribution in [0.15, 0.2) is 29.2 Å². The Bertz CT molecular complexity index is 524. The van der Waals surface area contributed by atoms with Crippen LogP contribution in [0.3, 0.4) is 0 Å². The van der Waals surface area contributed by atoms with Gasteiger partial charge in [-0.3, -0.25) is 0 Å². The Balaban J connectivity index is 2.09. The molecular weight excluding hydrogens is 260 g/mol. The molecule has 0 spiro atoms. The number of rotatable bonds is 7. The Labute approximate surface area is 115 Å². The highest BCUT2D eigenvalue weighted by atomic mass is 32.2. The van der Waals surface area contributed by atoms with Gasteiger partial charge >= 0.3 is 0 Å². The van der Waals surface area contributed by atoms with Crippen LogP contribution in [0.5, 0.6) is 0 Å². The largest absolute Gasteiger partial charge is 0.372 e. The van der Waals surface area contributed by atoms with Gasteiger partial charge in [0.25, 0.3) is 0 Å². The van der Waals surface area contributed by atoms with Gasteiger partial charge in [0.05, 0.1) is 16.3 Å². The number of anilines is 1. The minimum absolute atomic E-state index is 0.137. The molecular formula is C14H22N2O2S. The standard InChI is InChI=1S/C14H22N2O2S/c1-3-19(17,18)14-7-5-4-6-13(14)16(2)11-10-15-12-8-9-12/h4-7,12,15H,3,8-11H2,1-2H3. The van der Waals surface area contributed by atoms with E-state index >= 15 is 0 Å². The Morgan fingerprint density at radius 3 is 2.63 bits per heavy atom. The number of para-hydroxylation sites is 1. The van der Waals surface area contributed by atoms with Crippen LogP contribution < -0.4 is 10.2 Å². The fourth-order valence-electron chi connectivity index (χ4n) is 2.04. The summed E-state index contributed by atoms with van der Waals surface area (Å²) in [7, 11) is -1.22. The van der Waals surface area contributed by atoms with E-state index in [1.165, 1.54) is 12.8 Å². The molecule has 0 bridgehead atoms. The van der Waals surface area contributed by atoms with Gasteiger partial charge in [0.2, 0.25) is 0 Å². The number of likely N-dealkylation sites (N-methyl/N-ethyl adjacent to an activating group) is 1. The number of hydrogen-bond acceptors (Lipinski definition) is 4. The van der Waals surface area contributed by atoms with Gasteiger partial charge in [-0.05, 0) is 25.0 Å². The zero-order valence-corrected chi connectivity index (χ0v) is 12.4. The Kier molecular flexibility index (Phi) is 4.47. The van der Waals surface area contributed by atoms with Crippen LogP contribution in [0.4, 0.5) is 5.69 Å². The van der Waals surface area contributed by atoms with Crippen molar-refractivity contribution >= 4 is 15.5 Å². The van der Waals surface area contributed by atoms with E-state index in [1.54, 1.807) is 19.1 Å². The lowest BCUT2D eigenvalue weighted by molar-refractivity contribution is 0.596. The molecule has 0 saturated heterocycles. The van der Waals surface area contributed by atoms with Crippen molar-refractivity contribution in [2.75, 3.05) is 30.8 Å². The van der Waals surface area contributed by atoms with Gasteiger partial charge in [-0.25, -0.2) is 8.42 Å². The zero-order chi connectivity index (χ0) is 13.9. The van der Waals surface area contributed by atoms with Gasteiger partial charge in [-0.15, -0.1) is 0 Å². The van der Waals surface area contributed by atoms with Crippen LogP contribution in [0.2, 0.25) is 0 Å². The minimum Gasteiger partial charge on any atom is -0.372 e. The molecule has 0 unspecified atom stereocenters. The van der Waals surface area contributed by atoms with Crippen LogP contribution in [-0.2, 0) is 9.84 Å². The molecule has 1 aliphatic rings. The van der Waals surface area contributed by atoms with E-state index in [0.29, 0.717) is 10.9 Å². The summed E-state index contributed by atoms with van der Waals surface area (Å²) >= 11 is 0. The van der Waals surface area contributed by atoms with Crippen molar-refractivity contribution in [3.63, 3.8) is 0 Å². The van der Waals surface area contributed by atoms with E-state index in [-0.39, 0.29) is 5.75 Å². The van der Waals surface area contributed by atoms with Crippen LogP contribution in [0, 0.1) is 0 Å². The highest BCUT2D eigenvalue weighted by molar-refractivity contribution is 7.91. The summed E-state index contributed by atoms with van der Waals surface area (Å²) in [6, 6.07) is 7.92. The van der Waals surface area contributed by atoms with Crippen molar-refractivity contribution in [1.29, 1.82) is 0 Å². The van der Waals surface area contributed by atoms with Crippen LogP contribution in [-0.4, -0.2) is 40.3 Å². The van der Waals surface area contributed by atoms with Gasteiger partial charge in [0.1, 0.15) is 0 Å². The summed E-state index contributed by atoms with van der Waals surface area (Å²) in [6.07, 6.45) is 2.54. The van der Waals surface area contributed by atoms with E-state index in [9.17, 15) is 8.42 Å². The van der Waals surface area contributed by atoms with Gasteiger partial charge in [-0.1, -0.05) is 19.1 Å². The number of sulfone groups is 1. The smallest absolute Gasteiger partial charge is 0.180 e. The molecule has 1 aromatic rings. The van der Waals surface area contributed by atoms with Crippen molar-refractivity contribution in [1.82, 2.24) is 5.32 Å². The van der Waals surface area contributed by atoms with Crippen molar-refractivity contribution in [2.45, 2.75) is 30.7 Å². The highest BCUT2D eigenvalue weighted by Gasteiger charge is 2.21. The maximum Gasteiger partial charge on any atom is 0.180 e. The number of nitrogens with one attached hydrogen (secondary N) is 1. The molecule has 1 fully saturated rings. The highest BCUT2D eigenvalue weighted by Crippen LogP contribution is 2.25. The predicted molar refractivity (Wildman–Crippen MR) is 78.5 cm³/mol. The fraction of sp³-hybridized carbons (Fsp3) is 0.571. The second-order valence-corrected chi connectivity index (χ2v) is 7.27. The van der Waals surface area contributed by atoms with Crippen molar-refractivity contribution in [3.8, 4) is 0 Å². The minimum atomic E-state index is -3.16. The third kappa shape index (κ3) is 3.70. The van der Waals surface area contributed by atoms with Crippen LogP contribution >= 0.6 is 0 Å². The first-order chi connectivity index (χ1) is 9.04. The molecule has 1 N–H and O–H groups in total. The molecule has 2 rings (SSSR count). The van der Waals surface area contributed by atoms with Gasteiger partial charge in [0.15, 0.2) is 9.84 Å². The SMILES string of the molecule is CCS(=O)(=O)c1ccccc1N(C)CCNC1CC1. The molecule has 0 amide bonds. The van der Waals surface area contributed by atoms with E-state index < -0.39 is 9.84 Å². The van der Waals surface area contributed by atoms with E-state index in [1.807, 2.05) is 24.1 Å². The average Bonchev–Trinajstić information content (AvgIpc) is 3.23. The van der Waals surface area contributed by atoms with Gasteiger partial charge in [0, 0.05) is 26.2 Å². The molecule has 0 heterocycles. The summed E-state index contributed by atoms with van der Waals surface area (Å²) in [5.74, 6) is 0.137. The molecule has 106 valence electrons. The second-order valence-electron chi connectivity index (χ2n) is 5.02. The van der Waals surface area contributed by atoms with E-state index in [4.69, 9.17) is 0 Å². The molecule has 5 heteroatoms. The van der Waals surface area contributed by atoms with E-state index in [0.717, 1.165) is 18.8 Å². The van der Waals surface area contributed by atoms with Gasteiger partial charge < -0.3 is 10.2 Å². The molecule has 0 radical (unpaired) electrons. The topological polar surface area (TPSA) is 49.4 Å². The lowest BCUT2D eigenvalue weighted by Gasteiger charge is -2.22. The Hall–Kier alpha value is -1.07. The first-order valence-corrected chi connectivity index (χ1v) is 8.46. The molecule has 0 aliphatic heterocycles. The third-order valence-corrected chi connectivity index (χ3v) is 5.22. The summed E-state index contributed by atoms with van der Waals surface area (Å²) in [5, 5.41) is 3.44. The molecule has 4 nitrogen and oxygen atoms in total. The summed E-state index contributed by atoms with van der Waals surface area (Å²) in [5.41, 5.74) is 0.793. The molecule has 1 aromatic carbocycles. The van der Waals surface area contributed by atoms with Crippen LogP contribution in [0.1, 0.15) is 19.8 Å². The van der Waals surface area contributed by atoms with E-state index in [2.05, 4.69) is 5.32 Å². The van der Waals surface area contributed by atoms with Crippen LogP contribution in [0.25, 0.3) is 0 Å². The predicted octanol–water partition coefficient (Wildman–Crippen LogP) is 1.67. The maximum absolute atomic E-state index is 12.1. The number of nitrogens with zero attached hydrogens (tertiary/aromatic N) is 1. The quantitative estimate of drug-likeness (QED) is 0.826. The Morgan fingerprint density at radius 1 is 1.32 bits per heavy atom. The first-order valence-electron chi connectivity index (χ1n) is 6.81. The average molecular weight is 282 g/mol. The lowest BCUT2D eigenvalue weighted by atomic mass is 10.3.